The summed E-state index contributed by atoms with van der Waals surface area (Å²) in [7, 11) is 0. The predicted molar refractivity (Wildman–Crippen MR) is 62.8 cm³/mol. The van der Waals surface area contributed by atoms with Crippen LogP contribution in [0.1, 0.15) is 11.1 Å². The second kappa shape index (κ2) is 5.01. The van der Waals surface area contributed by atoms with Gasteiger partial charge in [-0.3, -0.25) is 0 Å². The first-order chi connectivity index (χ1) is 8.95. The lowest BCUT2D eigenvalue weighted by Crippen LogP contribution is -2.09. The number of benzene rings is 2. The molecule has 2 aromatic carbocycles. The Morgan fingerprint density at radius 2 is 1.63 bits per heavy atom. The Morgan fingerprint density at radius 1 is 0.947 bits per heavy atom. The number of hydrogen-bond acceptors (Lipinski definition) is 1. The van der Waals surface area contributed by atoms with Gasteiger partial charge in [0.25, 0.3) is 0 Å². The van der Waals surface area contributed by atoms with Crippen molar-refractivity contribution in [1.82, 2.24) is 0 Å². The van der Waals surface area contributed by atoms with Gasteiger partial charge in [-0.2, -0.15) is 13.2 Å². The minimum Gasteiger partial charge on any atom is -0.392 e. The largest absolute Gasteiger partial charge is 0.417 e. The Morgan fingerprint density at radius 3 is 2.21 bits per heavy atom. The maximum atomic E-state index is 13.7. The van der Waals surface area contributed by atoms with E-state index >= 15 is 0 Å². The lowest BCUT2D eigenvalue weighted by Gasteiger charge is -2.16. The fraction of sp³-hybridized carbons (Fsp3) is 0.143. The highest BCUT2D eigenvalue weighted by atomic mass is 19.4. The van der Waals surface area contributed by atoms with E-state index in [2.05, 4.69) is 0 Å². The van der Waals surface area contributed by atoms with Crippen LogP contribution in [0.4, 0.5) is 17.6 Å². The van der Waals surface area contributed by atoms with Crippen LogP contribution < -0.4 is 0 Å². The van der Waals surface area contributed by atoms with E-state index in [0.717, 1.165) is 12.1 Å². The molecule has 2 aromatic rings. The molecule has 0 aliphatic heterocycles. The maximum Gasteiger partial charge on any atom is 0.417 e. The molecule has 0 aliphatic rings. The molecule has 0 atom stereocenters. The molecular weight excluding hydrogens is 260 g/mol. The molecule has 2 rings (SSSR count). The van der Waals surface area contributed by atoms with Crippen LogP contribution in [0, 0.1) is 5.82 Å². The predicted octanol–water partition coefficient (Wildman–Crippen LogP) is 4.00. The van der Waals surface area contributed by atoms with Crippen molar-refractivity contribution in [2.75, 3.05) is 0 Å². The monoisotopic (exact) mass is 270 g/mol. The highest BCUT2D eigenvalue weighted by molar-refractivity contribution is 5.72. The summed E-state index contributed by atoms with van der Waals surface area (Å²) >= 11 is 0. The molecule has 0 saturated carbocycles. The van der Waals surface area contributed by atoms with Crippen LogP contribution in [-0.4, -0.2) is 5.11 Å². The van der Waals surface area contributed by atoms with Gasteiger partial charge in [0.1, 0.15) is 5.82 Å². The number of aliphatic hydroxyl groups excluding tert-OH is 1. The van der Waals surface area contributed by atoms with Crippen molar-refractivity contribution < 1.29 is 22.7 Å². The zero-order valence-corrected chi connectivity index (χ0v) is 9.71. The molecule has 0 unspecified atom stereocenters. The normalized spacial score (nSPS) is 11.6. The average Bonchev–Trinajstić information content (AvgIpc) is 2.37. The van der Waals surface area contributed by atoms with E-state index in [4.69, 9.17) is 0 Å². The van der Waals surface area contributed by atoms with E-state index in [1.165, 1.54) is 30.3 Å². The minimum atomic E-state index is -4.61. The van der Waals surface area contributed by atoms with Gasteiger partial charge in [0.2, 0.25) is 0 Å². The second-order valence-corrected chi connectivity index (χ2v) is 3.98. The molecule has 0 fully saturated rings. The number of aliphatic hydroxyl groups is 1. The van der Waals surface area contributed by atoms with E-state index in [-0.39, 0.29) is 16.7 Å². The number of hydrogen-bond donors (Lipinski definition) is 1. The van der Waals surface area contributed by atoms with Crippen molar-refractivity contribution in [1.29, 1.82) is 0 Å². The van der Waals surface area contributed by atoms with Crippen molar-refractivity contribution in [2.24, 2.45) is 0 Å². The van der Waals surface area contributed by atoms with E-state index < -0.39 is 24.2 Å². The van der Waals surface area contributed by atoms with E-state index in [1.807, 2.05) is 0 Å². The molecular formula is C14H10F4O. The van der Waals surface area contributed by atoms with Gasteiger partial charge in [0.15, 0.2) is 0 Å². The third kappa shape index (κ3) is 2.61. The fourth-order valence-corrected chi connectivity index (χ4v) is 1.95. The van der Waals surface area contributed by atoms with Gasteiger partial charge in [-0.1, -0.05) is 30.3 Å². The van der Waals surface area contributed by atoms with Crippen LogP contribution in [0.2, 0.25) is 0 Å². The van der Waals surface area contributed by atoms with Gasteiger partial charge in [0, 0.05) is 11.1 Å². The molecule has 0 bridgehead atoms. The van der Waals surface area contributed by atoms with Crippen molar-refractivity contribution in [3.05, 3.63) is 59.4 Å². The van der Waals surface area contributed by atoms with Crippen LogP contribution in [0.3, 0.4) is 0 Å². The standard InChI is InChI=1S/C14H10F4O/c15-12-7-2-1-5-10(12)13-9(8-19)4-3-6-11(13)14(16,17)18/h1-7,19H,8H2. The SMILES string of the molecule is OCc1cccc(C(F)(F)F)c1-c1ccccc1F. The Balaban J connectivity index is 2.77. The molecule has 0 amide bonds. The summed E-state index contributed by atoms with van der Waals surface area (Å²) in [5.74, 6) is -0.756. The van der Waals surface area contributed by atoms with Gasteiger partial charge in [0.05, 0.1) is 12.2 Å². The molecule has 5 heteroatoms. The van der Waals surface area contributed by atoms with Crippen molar-refractivity contribution in [2.45, 2.75) is 12.8 Å². The van der Waals surface area contributed by atoms with Crippen LogP contribution in [-0.2, 0) is 12.8 Å². The van der Waals surface area contributed by atoms with Gasteiger partial charge in [-0.05, 0) is 17.7 Å². The minimum absolute atomic E-state index is 0.0416. The first-order valence-corrected chi connectivity index (χ1v) is 5.50. The van der Waals surface area contributed by atoms with Gasteiger partial charge in [-0.25, -0.2) is 4.39 Å². The number of alkyl halides is 3. The molecule has 0 heterocycles. The molecule has 19 heavy (non-hydrogen) atoms. The Bertz CT molecular complexity index is 590. The third-order valence-electron chi connectivity index (χ3n) is 2.77. The van der Waals surface area contributed by atoms with E-state index in [1.54, 1.807) is 0 Å². The van der Waals surface area contributed by atoms with E-state index in [0.29, 0.717) is 0 Å². The quantitative estimate of drug-likeness (QED) is 0.818. The lowest BCUT2D eigenvalue weighted by atomic mass is 9.94. The molecule has 0 aromatic heterocycles. The van der Waals surface area contributed by atoms with Crippen LogP contribution in [0.5, 0.6) is 0 Å². The summed E-state index contributed by atoms with van der Waals surface area (Å²) in [6.07, 6.45) is -4.61. The lowest BCUT2D eigenvalue weighted by molar-refractivity contribution is -0.137. The Hall–Kier alpha value is -1.88. The summed E-state index contributed by atoms with van der Waals surface area (Å²) in [4.78, 5) is 0. The van der Waals surface area contributed by atoms with E-state index in [9.17, 15) is 22.7 Å². The zero-order valence-electron chi connectivity index (χ0n) is 9.71. The summed E-state index contributed by atoms with van der Waals surface area (Å²) < 4.78 is 52.6. The highest BCUT2D eigenvalue weighted by Crippen LogP contribution is 2.39. The third-order valence-corrected chi connectivity index (χ3v) is 2.77. The van der Waals surface area contributed by atoms with Crippen LogP contribution in [0.25, 0.3) is 11.1 Å². The van der Waals surface area contributed by atoms with Gasteiger partial charge < -0.3 is 5.11 Å². The first-order valence-electron chi connectivity index (χ1n) is 5.50. The molecule has 1 N–H and O–H groups in total. The molecule has 0 radical (unpaired) electrons. The van der Waals surface area contributed by atoms with Crippen molar-refractivity contribution in [3.8, 4) is 11.1 Å². The molecule has 0 saturated heterocycles. The molecule has 0 aliphatic carbocycles. The smallest absolute Gasteiger partial charge is 0.392 e. The summed E-state index contributed by atoms with van der Waals surface area (Å²) in [6, 6.07) is 8.61. The Labute approximate surface area is 107 Å². The number of halogens is 4. The second-order valence-electron chi connectivity index (χ2n) is 3.98. The van der Waals surface area contributed by atoms with Gasteiger partial charge in [-0.15, -0.1) is 0 Å². The van der Waals surface area contributed by atoms with Crippen LogP contribution in [0.15, 0.2) is 42.5 Å². The zero-order chi connectivity index (χ0) is 14.0. The molecule has 0 spiro atoms. The summed E-state index contributed by atoms with van der Waals surface area (Å²) in [5, 5.41) is 9.17. The van der Waals surface area contributed by atoms with Crippen molar-refractivity contribution in [3.63, 3.8) is 0 Å². The summed E-state index contributed by atoms with van der Waals surface area (Å²) in [5.41, 5.74) is -1.39. The maximum absolute atomic E-state index is 13.7. The van der Waals surface area contributed by atoms with Crippen LogP contribution >= 0.6 is 0 Å². The fourth-order valence-electron chi connectivity index (χ4n) is 1.95. The first kappa shape index (κ1) is 13.5. The number of rotatable bonds is 2. The average molecular weight is 270 g/mol. The van der Waals surface area contributed by atoms with Crippen molar-refractivity contribution >= 4 is 0 Å². The molecule has 100 valence electrons. The topological polar surface area (TPSA) is 20.2 Å². The molecule has 1 nitrogen and oxygen atoms in total. The Kier molecular flexibility index (Phi) is 3.57. The summed E-state index contributed by atoms with van der Waals surface area (Å²) in [6.45, 7) is -0.590. The van der Waals surface area contributed by atoms with Gasteiger partial charge >= 0.3 is 6.18 Å². The highest BCUT2D eigenvalue weighted by Gasteiger charge is 2.35.